The molecule has 28 heavy (non-hydrogen) atoms. The van der Waals surface area contributed by atoms with Crippen molar-refractivity contribution in [1.82, 2.24) is 10.2 Å². The smallest absolute Gasteiger partial charge is 0.194 e. The summed E-state index contributed by atoms with van der Waals surface area (Å²) in [5.41, 5.74) is 1.16. The molecule has 2 aliphatic heterocycles. The van der Waals surface area contributed by atoms with E-state index in [4.69, 9.17) is 19.2 Å². The Morgan fingerprint density at radius 1 is 1.25 bits per heavy atom. The Bertz CT molecular complexity index is 617. The van der Waals surface area contributed by atoms with Crippen LogP contribution in [-0.2, 0) is 16.0 Å². The number of hydrogen-bond acceptors (Lipinski definition) is 4. The van der Waals surface area contributed by atoms with Crippen LogP contribution >= 0.6 is 0 Å². The van der Waals surface area contributed by atoms with Crippen molar-refractivity contribution >= 4 is 5.96 Å². The Hall–Kier alpha value is -1.79. The highest BCUT2D eigenvalue weighted by atomic mass is 16.5. The number of guanidine groups is 1. The van der Waals surface area contributed by atoms with Crippen LogP contribution in [0.5, 0.6) is 5.75 Å². The summed E-state index contributed by atoms with van der Waals surface area (Å²) in [7, 11) is 0. The number of nitrogens with zero attached hydrogens (tertiary/aromatic N) is 2. The van der Waals surface area contributed by atoms with Crippen molar-refractivity contribution in [2.24, 2.45) is 4.99 Å². The summed E-state index contributed by atoms with van der Waals surface area (Å²) in [6.45, 7) is 9.79. The van der Waals surface area contributed by atoms with Crippen molar-refractivity contribution in [3.05, 3.63) is 29.8 Å². The molecule has 2 atom stereocenters. The fourth-order valence-electron chi connectivity index (χ4n) is 3.65. The third-order valence-corrected chi connectivity index (χ3v) is 5.18. The Kier molecular flexibility index (Phi) is 8.42. The van der Waals surface area contributed by atoms with Gasteiger partial charge in [0.1, 0.15) is 11.9 Å². The van der Waals surface area contributed by atoms with E-state index in [9.17, 15) is 0 Å². The molecule has 2 heterocycles. The average Bonchev–Trinajstić information content (AvgIpc) is 3.27. The molecular formula is C22H35N3O3. The number of nitrogens with one attached hydrogen (secondary N) is 1. The number of morpholine rings is 1. The molecule has 0 aromatic heterocycles. The highest BCUT2D eigenvalue weighted by molar-refractivity contribution is 5.80. The van der Waals surface area contributed by atoms with E-state index >= 15 is 0 Å². The zero-order chi connectivity index (χ0) is 19.6. The van der Waals surface area contributed by atoms with Gasteiger partial charge in [0.25, 0.3) is 0 Å². The average molecular weight is 390 g/mol. The summed E-state index contributed by atoms with van der Waals surface area (Å²) in [6.07, 6.45) is 4.81. The summed E-state index contributed by atoms with van der Waals surface area (Å²) in [4.78, 5) is 7.19. The van der Waals surface area contributed by atoms with Crippen LogP contribution in [-0.4, -0.2) is 62.5 Å². The van der Waals surface area contributed by atoms with Crippen LogP contribution in [0.1, 0.15) is 45.1 Å². The van der Waals surface area contributed by atoms with Gasteiger partial charge in [-0.3, -0.25) is 0 Å². The van der Waals surface area contributed by atoms with E-state index in [0.29, 0.717) is 6.54 Å². The Morgan fingerprint density at radius 2 is 2.14 bits per heavy atom. The fraction of sp³-hybridized carbons (Fsp3) is 0.682. The van der Waals surface area contributed by atoms with Crippen molar-refractivity contribution < 1.29 is 14.2 Å². The van der Waals surface area contributed by atoms with Gasteiger partial charge in [-0.2, -0.15) is 0 Å². The van der Waals surface area contributed by atoms with E-state index in [-0.39, 0.29) is 12.2 Å². The second kappa shape index (κ2) is 11.3. The SMILES string of the molecule is CCCCOc1cccc(CN=C(NCC)N2CCOC(C3CCCO3)C2)c1. The first kappa shape index (κ1) is 20.9. The van der Waals surface area contributed by atoms with Gasteiger partial charge in [-0.15, -0.1) is 0 Å². The molecule has 1 N–H and O–H groups in total. The molecular weight excluding hydrogens is 354 g/mol. The van der Waals surface area contributed by atoms with Crippen LogP contribution in [0.4, 0.5) is 0 Å². The van der Waals surface area contributed by atoms with E-state index in [0.717, 1.165) is 82.4 Å². The highest BCUT2D eigenvalue weighted by Crippen LogP contribution is 2.21. The molecule has 1 aromatic carbocycles. The molecule has 0 radical (unpaired) electrons. The zero-order valence-corrected chi connectivity index (χ0v) is 17.4. The predicted molar refractivity (Wildman–Crippen MR) is 112 cm³/mol. The van der Waals surface area contributed by atoms with Gasteiger partial charge >= 0.3 is 0 Å². The first-order valence-electron chi connectivity index (χ1n) is 10.8. The van der Waals surface area contributed by atoms with E-state index < -0.39 is 0 Å². The lowest BCUT2D eigenvalue weighted by molar-refractivity contribution is -0.0817. The van der Waals surface area contributed by atoms with Crippen LogP contribution in [0, 0.1) is 0 Å². The van der Waals surface area contributed by atoms with E-state index in [1.807, 2.05) is 12.1 Å². The van der Waals surface area contributed by atoms with Crippen LogP contribution in [0.2, 0.25) is 0 Å². The number of hydrogen-bond donors (Lipinski definition) is 1. The quantitative estimate of drug-likeness (QED) is 0.420. The van der Waals surface area contributed by atoms with Crippen molar-refractivity contribution in [3.63, 3.8) is 0 Å². The van der Waals surface area contributed by atoms with Crippen molar-refractivity contribution in [3.8, 4) is 5.75 Å². The third kappa shape index (κ3) is 6.11. The normalized spacial score (nSPS) is 23.1. The van der Waals surface area contributed by atoms with Gasteiger partial charge in [-0.05, 0) is 43.9 Å². The van der Waals surface area contributed by atoms with Crippen LogP contribution in [0.15, 0.2) is 29.3 Å². The second-order valence-electron chi connectivity index (χ2n) is 7.43. The largest absolute Gasteiger partial charge is 0.494 e. The number of rotatable bonds is 8. The van der Waals surface area contributed by atoms with Crippen molar-refractivity contribution in [2.75, 3.05) is 39.5 Å². The molecule has 0 saturated carbocycles. The standard InChI is InChI=1S/C22H35N3O3/c1-3-5-12-26-19-9-6-8-18(15-19)16-24-22(23-4-2)25-11-14-28-21(17-25)20-10-7-13-27-20/h6,8-9,15,20-21H,3-5,7,10-14,16-17H2,1-2H3,(H,23,24). The van der Waals surface area contributed by atoms with Crippen molar-refractivity contribution in [1.29, 1.82) is 0 Å². The topological polar surface area (TPSA) is 55.3 Å². The minimum absolute atomic E-state index is 0.135. The zero-order valence-electron chi connectivity index (χ0n) is 17.4. The monoisotopic (exact) mass is 389 g/mol. The van der Waals surface area contributed by atoms with Gasteiger partial charge in [0.05, 0.1) is 25.9 Å². The number of ether oxygens (including phenoxy) is 3. The molecule has 3 rings (SSSR count). The highest BCUT2D eigenvalue weighted by Gasteiger charge is 2.32. The molecule has 0 amide bonds. The van der Waals surface area contributed by atoms with E-state index in [1.54, 1.807) is 0 Å². The Morgan fingerprint density at radius 3 is 2.93 bits per heavy atom. The van der Waals surface area contributed by atoms with Crippen LogP contribution in [0.3, 0.4) is 0 Å². The summed E-state index contributed by atoms with van der Waals surface area (Å²) >= 11 is 0. The molecule has 0 aliphatic carbocycles. The molecule has 2 unspecified atom stereocenters. The number of aliphatic imine (C=N–C) groups is 1. The number of benzene rings is 1. The maximum Gasteiger partial charge on any atom is 0.194 e. The molecule has 1 aromatic rings. The molecule has 2 aliphatic rings. The molecule has 156 valence electrons. The molecule has 2 saturated heterocycles. The minimum atomic E-state index is 0.135. The lowest BCUT2D eigenvalue weighted by atomic mass is 10.1. The molecule has 6 heteroatoms. The van der Waals surface area contributed by atoms with Crippen LogP contribution in [0.25, 0.3) is 0 Å². The van der Waals surface area contributed by atoms with E-state index in [1.165, 1.54) is 0 Å². The minimum Gasteiger partial charge on any atom is -0.494 e. The molecule has 0 spiro atoms. The lowest BCUT2D eigenvalue weighted by Crippen LogP contribution is -2.53. The lowest BCUT2D eigenvalue weighted by Gasteiger charge is -2.37. The van der Waals surface area contributed by atoms with Gasteiger partial charge in [0.15, 0.2) is 5.96 Å². The van der Waals surface area contributed by atoms with E-state index in [2.05, 4.69) is 36.2 Å². The van der Waals surface area contributed by atoms with Gasteiger partial charge in [-0.1, -0.05) is 25.5 Å². The Labute approximate surface area is 169 Å². The summed E-state index contributed by atoms with van der Waals surface area (Å²) in [6, 6.07) is 8.26. The summed E-state index contributed by atoms with van der Waals surface area (Å²) < 4.78 is 17.6. The van der Waals surface area contributed by atoms with Crippen molar-refractivity contribution in [2.45, 2.75) is 58.3 Å². The first-order valence-corrected chi connectivity index (χ1v) is 10.8. The van der Waals surface area contributed by atoms with Gasteiger partial charge in [0, 0.05) is 26.2 Å². The fourth-order valence-corrected chi connectivity index (χ4v) is 3.65. The summed E-state index contributed by atoms with van der Waals surface area (Å²) in [5, 5.41) is 3.44. The number of unbranched alkanes of at least 4 members (excludes halogenated alkanes) is 1. The maximum absolute atomic E-state index is 5.98. The van der Waals surface area contributed by atoms with Gasteiger partial charge in [0.2, 0.25) is 0 Å². The summed E-state index contributed by atoms with van der Waals surface area (Å²) in [5.74, 6) is 1.88. The first-order chi connectivity index (χ1) is 13.8. The Balaban J connectivity index is 1.61. The predicted octanol–water partition coefficient (Wildman–Crippen LogP) is 3.21. The molecule has 2 fully saturated rings. The van der Waals surface area contributed by atoms with Crippen LogP contribution < -0.4 is 10.1 Å². The second-order valence-corrected chi connectivity index (χ2v) is 7.43. The van der Waals surface area contributed by atoms with Gasteiger partial charge < -0.3 is 24.4 Å². The third-order valence-electron chi connectivity index (χ3n) is 5.18. The van der Waals surface area contributed by atoms with Gasteiger partial charge in [-0.25, -0.2) is 4.99 Å². The molecule has 0 bridgehead atoms. The molecule has 6 nitrogen and oxygen atoms in total. The maximum atomic E-state index is 5.98.